The van der Waals surface area contributed by atoms with E-state index in [4.69, 9.17) is 34.8 Å². The van der Waals surface area contributed by atoms with Gasteiger partial charge in [-0.3, -0.25) is 13.9 Å². The number of rotatable bonds is 12. The number of sulfonamides is 1. The lowest BCUT2D eigenvalue weighted by molar-refractivity contribution is -0.140. The highest BCUT2D eigenvalue weighted by molar-refractivity contribution is 7.92. The molecule has 0 aliphatic carbocycles. The van der Waals surface area contributed by atoms with Crippen molar-refractivity contribution in [1.82, 2.24) is 10.2 Å². The van der Waals surface area contributed by atoms with E-state index in [2.05, 4.69) is 5.32 Å². The Hall–Kier alpha value is -2.00. The van der Waals surface area contributed by atoms with E-state index < -0.39 is 16.1 Å². The molecule has 0 heterocycles. The number of hydrogen-bond acceptors (Lipinski definition) is 4. The Labute approximate surface area is 228 Å². The summed E-state index contributed by atoms with van der Waals surface area (Å²) in [6.45, 7) is 5.69. The van der Waals surface area contributed by atoms with E-state index in [1.165, 1.54) is 9.21 Å². The van der Waals surface area contributed by atoms with Crippen LogP contribution in [0.3, 0.4) is 0 Å². The maximum atomic E-state index is 13.3. The highest BCUT2D eigenvalue weighted by atomic mass is 35.5. The minimum absolute atomic E-state index is 0.0265. The SMILES string of the molecule is CC[C@@H](C)NC(=O)[C@@H](C)N(Cc1ccc(Cl)cc1Cl)C(=O)CCCN(c1cccc(Cl)c1)S(C)(=O)=O. The van der Waals surface area contributed by atoms with Crippen molar-refractivity contribution in [2.75, 3.05) is 17.1 Å². The standard InChI is InChI=1S/C25H32Cl3N3O4S/c1-5-17(2)29-25(33)18(3)30(16-19-11-12-21(27)15-23(19)28)24(32)10-7-13-31(36(4,34)35)22-9-6-8-20(26)14-22/h6,8-9,11-12,14-15,17-18H,5,7,10,13,16H2,1-4H3,(H,29,33)/t17-,18-/m1/s1. The summed E-state index contributed by atoms with van der Waals surface area (Å²) in [5.74, 6) is -0.577. The van der Waals surface area contributed by atoms with Gasteiger partial charge in [-0.1, -0.05) is 53.9 Å². The molecule has 0 unspecified atom stereocenters. The van der Waals surface area contributed by atoms with E-state index in [0.29, 0.717) is 26.3 Å². The lowest BCUT2D eigenvalue weighted by Gasteiger charge is -2.30. The molecule has 0 aliphatic rings. The second kappa shape index (κ2) is 13.5. The van der Waals surface area contributed by atoms with Gasteiger partial charge in [-0.2, -0.15) is 0 Å². The summed E-state index contributed by atoms with van der Waals surface area (Å²) < 4.78 is 26.0. The number of halogens is 3. The first-order chi connectivity index (χ1) is 16.8. The van der Waals surface area contributed by atoms with Gasteiger partial charge in [0.25, 0.3) is 0 Å². The van der Waals surface area contributed by atoms with Gasteiger partial charge in [0.15, 0.2) is 0 Å². The maximum absolute atomic E-state index is 13.3. The number of anilines is 1. The van der Waals surface area contributed by atoms with Crippen LogP contribution in [0.2, 0.25) is 15.1 Å². The van der Waals surface area contributed by atoms with Crippen molar-refractivity contribution in [3.05, 3.63) is 63.1 Å². The summed E-state index contributed by atoms with van der Waals surface area (Å²) in [5, 5.41) is 4.17. The second-order valence-corrected chi connectivity index (χ2v) is 11.9. The highest BCUT2D eigenvalue weighted by Crippen LogP contribution is 2.25. The highest BCUT2D eigenvalue weighted by Gasteiger charge is 2.28. The van der Waals surface area contributed by atoms with Crippen LogP contribution in [-0.4, -0.2) is 50.0 Å². The first-order valence-electron chi connectivity index (χ1n) is 11.6. The minimum Gasteiger partial charge on any atom is -0.352 e. The zero-order chi connectivity index (χ0) is 27.0. The zero-order valence-electron chi connectivity index (χ0n) is 20.8. The fraction of sp³-hybridized carbons (Fsp3) is 0.440. The van der Waals surface area contributed by atoms with Crippen molar-refractivity contribution in [3.8, 4) is 0 Å². The fourth-order valence-electron chi connectivity index (χ4n) is 3.52. The van der Waals surface area contributed by atoms with Crippen molar-refractivity contribution >= 4 is 62.3 Å². The van der Waals surface area contributed by atoms with Crippen LogP contribution >= 0.6 is 34.8 Å². The second-order valence-electron chi connectivity index (χ2n) is 8.67. The van der Waals surface area contributed by atoms with E-state index in [9.17, 15) is 18.0 Å². The van der Waals surface area contributed by atoms with E-state index in [1.54, 1.807) is 49.4 Å². The lowest BCUT2D eigenvalue weighted by atomic mass is 10.1. The number of carbonyl (C=O) groups excluding carboxylic acids is 2. The molecule has 2 rings (SSSR count). The third kappa shape index (κ3) is 8.83. The molecule has 36 heavy (non-hydrogen) atoms. The van der Waals surface area contributed by atoms with Crippen LogP contribution in [0.15, 0.2) is 42.5 Å². The normalized spacial score (nSPS) is 13.1. The smallest absolute Gasteiger partial charge is 0.242 e. The largest absolute Gasteiger partial charge is 0.352 e. The number of benzene rings is 2. The quantitative estimate of drug-likeness (QED) is 0.360. The summed E-state index contributed by atoms with van der Waals surface area (Å²) in [6.07, 6.45) is 2.12. The molecule has 2 atom stereocenters. The first kappa shape index (κ1) is 30.2. The summed E-state index contributed by atoms with van der Waals surface area (Å²) in [4.78, 5) is 27.7. The molecule has 1 N–H and O–H groups in total. The molecular weight excluding hydrogens is 545 g/mol. The van der Waals surface area contributed by atoms with Crippen LogP contribution < -0.4 is 9.62 Å². The monoisotopic (exact) mass is 575 g/mol. The van der Waals surface area contributed by atoms with Crippen molar-refractivity contribution in [1.29, 1.82) is 0 Å². The number of carbonyl (C=O) groups is 2. The van der Waals surface area contributed by atoms with Gasteiger partial charge in [0.1, 0.15) is 6.04 Å². The summed E-state index contributed by atoms with van der Waals surface area (Å²) in [6, 6.07) is 10.7. The molecule has 0 spiro atoms. The molecule has 7 nitrogen and oxygen atoms in total. The van der Waals surface area contributed by atoms with E-state index in [1.807, 2.05) is 13.8 Å². The Morgan fingerprint density at radius 3 is 2.28 bits per heavy atom. The Bertz CT molecular complexity index is 1180. The number of hydrogen-bond donors (Lipinski definition) is 1. The van der Waals surface area contributed by atoms with Gasteiger partial charge in [0, 0.05) is 40.6 Å². The predicted octanol–water partition coefficient (Wildman–Crippen LogP) is 5.53. The number of amides is 2. The van der Waals surface area contributed by atoms with Gasteiger partial charge < -0.3 is 10.2 Å². The van der Waals surface area contributed by atoms with Crippen LogP contribution in [-0.2, 0) is 26.2 Å². The molecule has 0 bridgehead atoms. The van der Waals surface area contributed by atoms with Gasteiger partial charge in [-0.15, -0.1) is 0 Å². The van der Waals surface area contributed by atoms with Gasteiger partial charge in [0.2, 0.25) is 21.8 Å². The average molecular weight is 577 g/mol. The van der Waals surface area contributed by atoms with Gasteiger partial charge in [-0.25, -0.2) is 8.42 Å². The molecule has 0 radical (unpaired) electrons. The van der Waals surface area contributed by atoms with E-state index in [0.717, 1.165) is 12.7 Å². The Kier molecular flexibility index (Phi) is 11.3. The lowest BCUT2D eigenvalue weighted by Crippen LogP contribution is -2.49. The fourth-order valence-corrected chi connectivity index (χ4v) is 5.13. The molecule has 0 aliphatic heterocycles. The molecule has 0 fully saturated rings. The van der Waals surface area contributed by atoms with Crippen molar-refractivity contribution in [2.24, 2.45) is 0 Å². The molecule has 2 amide bonds. The summed E-state index contributed by atoms with van der Waals surface area (Å²) >= 11 is 18.4. The number of nitrogens with one attached hydrogen (secondary N) is 1. The van der Waals surface area contributed by atoms with Gasteiger partial charge in [-0.05, 0) is 62.6 Å². The van der Waals surface area contributed by atoms with Gasteiger partial charge in [0.05, 0.1) is 11.9 Å². The molecule has 198 valence electrons. The van der Waals surface area contributed by atoms with Crippen molar-refractivity contribution in [3.63, 3.8) is 0 Å². The maximum Gasteiger partial charge on any atom is 0.242 e. The summed E-state index contributed by atoms with van der Waals surface area (Å²) in [7, 11) is -3.60. The van der Waals surface area contributed by atoms with Crippen LogP contribution in [0.4, 0.5) is 5.69 Å². The summed E-state index contributed by atoms with van der Waals surface area (Å²) in [5.41, 5.74) is 1.07. The number of nitrogens with zero attached hydrogens (tertiary/aromatic N) is 2. The van der Waals surface area contributed by atoms with Crippen LogP contribution in [0.5, 0.6) is 0 Å². The molecular formula is C25H32Cl3N3O4S. The Morgan fingerprint density at radius 1 is 1.03 bits per heavy atom. The molecule has 0 saturated carbocycles. The van der Waals surface area contributed by atoms with E-state index >= 15 is 0 Å². The van der Waals surface area contributed by atoms with Crippen LogP contribution in [0.1, 0.15) is 45.6 Å². The molecule has 2 aromatic carbocycles. The predicted molar refractivity (Wildman–Crippen MR) is 147 cm³/mol. The van der Waals surface area contributed by atoms with E-state index in [-0.39, 0.29) is 43.8 Å². The Balaban J connectivity index is 2.21. The first-order valence-corrected chi connectivity index (χ1v) is 14.6. The Morgan fingerprint density at radius 2 is 1.69 bits per heavy atom. The van der Waals surface area contributed by atoms with Crippen LogP contribution in [0.25, 0.3) is 0 Å². The third-order valence-corrected chi connectivity index (χ3v) is 7.79. The van der Waals surface area contributed by atoms with Crippen molar-refractivity contribution in [2.45, 2.75) is 58.7 Å². The topological polar surface area (TPSA) is 86.8 Å². The molecule has 0 aromatic heterocycles. The van der Waals surface area contributed by atoms with Crippen molar-refractivity contribution < 1.29 is 18.0 Å². The average Bonchev–Trinajstić information content (AvgIpc) is 2.79. The zero-order valence-corrected chi connectivity index (χ0v) is 23.9. The minimum atomic E-state index is -3.60. The van der Waals surface area contributed by atoms with Crippen LogP contribution in [0, 0.1) is 0 Å². The third-order valence-electron chi connectivity index (χ3n) is 5.77. The molecule has 0 saturated heterocycles. The molecule has 2 aromatic rings. The molecule has 11 heteroatoms. The van der Waals surface area contributed by atoms with Gasteiger partial charge >= 0.3 is 0 Å².